The van der Waals surface area contributed by atoms with Crippen molar-refractivity contribution in [3.63, 3.8) is 0 Å². The van der Waals surface area contributed by atoms with Crippen LogP contribution in [-0.2, 0) is 22.1 Å². The molecule has 3 fully saturated rings. The third-order valence-electron chi connectivity index (χ3n) is 6.74. The second kappa shape index (κ2) is 6.69. The molecule has 2 atom stereocenters. The second-order valence-electron chi connectivity index (χ2n) is 8.40. The van der Waals surface area contributed by atoms with Crippen molar-refractivity contribution in [3.8, 4) is 0 Å². The standard InChI is InChI=1S/C22H26N4O3/c1-24-20(27)14-29-19-13-26(11-10-22(19,24)16-6-4-3-5-7-16)21(28)18-12-17(15-8-9-15)23-25(18)2/h3-7,12,15,19H,8-11,13-14H2,1-2H3/t19-,22+/m1/s1. The van der Waals surface area contributed by atoms with Gasteiger partial charge in [0.2, 0.25) is 5.91 Å². The van der Waals surface area contributed by atoms with E-state index in [1.165, 1.54) is 0 Å². The number of piperidine rings is 1. The van der Waals surface area contributed by atoms with E-state index in [0.29, 0.717) is 31.1 Å². The van der Waals surface area contributed by atoms with Crippen molar-refractivity contribution >= 4 is 11.8 Å². The molecule has 1 aromatic heterocycles. The number of amides is 2. The maximum absolute atomic E-state index is 13.3. The van der Waals surface area contributed by atoms with E-state index in [9.17, 15) is 9.59 Å². The molecule has 0 bridgehead atoms. The average molecular weight is 394 g/mol. The number of ether oxygens (including phenoxy) is 1. The minimum atomic E-state index is -0.543. The lowest BCUT2D eigenvalue weighted by Crippen LogP contribution is -2.67. The summed E-state index contributed by atoms with van der Waals surface area (Å²) in [6.45, 7) is 1.07. The Kier molecular flexibility index (Phi) is 4.24. The molecule has 0 unspecified atom stereocenters. The zero-order valence-corrected chi connectivity index (χ0v) is 16.9. The van der Waals surface area contributed by atoms with Crippen LogP contribution in [0, 0.1) is 0 Å². The molecule has 0 radical (unpaired) electrons. The number of aromatic nitrogens is 2. The Morgan fingerprint density at radius 3 is 2.69 bits per heavy atom. The number of carbonyl (C=O) groups is 2. The summed E-state index contributed by atoms with van der Waals surface area (Å²) in [6, 6.07) is 12.0. The number of aryl methyl sites for hydroxylation is 1. The SMILES string of the molecule is CN1C(=O)CO[C@@H]2CN(C(=O)c3cc(C4CC4)nn3C)CC[C@]21c1ccccc1. The number of fused-ring (bicyclic) bond motifs is 1. The highest BCUT2D eigenvalue weighted by Gasteiger charge is 2.53. The fourth-order valence-electron chi connectivity index (χ4n) is 4.84. The van der Waals surface area contributed by atoms with Crippen molar-refractivity contribution in [2.45, 2.75) is 36.8 Å². The van der Waals surface area contributed by atoms with Gasteiger partial charge in [0.15, 0.2) is 0 Å². The van der Waals surface area contributed by atoms with Crippen molar-refractivity contribution in [2.75, 3.05) is 26.7 Å². The van der Waals surface area contributed by atoms with E-state index < -0.39 is 5.54 Å². The summed E-state index contributed by atoms with van der Waals surface area (Å²) < 4.78 is 7.72. The molecular weight excluding hydrogens is 368 g/mol. The Bertz CT molecular complexity index is 952. The average Bonchev–Trinajstić information content (AvgIpc) is 3.52. The zero-order chi connectivity index (χ0) is 20.2. The lowest BCUT2D eigenvalue weighted by atomic mass is 9.76. The van der Waals surface area contributed by atoms with E-state index in [4.69, 9.17) is 4.74 Å². The van der Waals surface area contributed by atoms with E-state index >= 15 is 0 Å². The van der Waals surface area contributed by atoms with Crippen molar-refractivity contribution in [1.29, 1.82) is 0 Å². The molecule has 0 N–H and O–H groups in total. The number of likely N-dealkylation sites (N-methyl/N-ethyl adjacent to an activating group) is 1. The van der Waals surface area contributed by atoms with Crippen molar-refractivity contribution in [2.24, 2.45) is 7.05 Å². The molecule has 1 aromatic carbocycles. The van der Waals surface area contributed by atoms with E-state index in [-0.39, 0.29) is 24.5 Å². The highest BCUT2D eigenvalue weighted by molar-refractivity contribution is 5.93. The molecule has 2 aliphatic heterocycles. The number of morpholine rings is 1. The van der Waals surface area contributed by atoms with Gasteiger partial charge in [0.25, 0.3) is 5.91 Å². The number of carbonyl (C=O) groups excluding carboxylic acids is 2. The first-order chi connectivity index (χ1) is 14.0. The number of benzene rings is 1. The Morgan fingerprint density at radius 2 is 1.97 bits per heavy atom. The molecule has 0 spiro atoms. The van der Waals surface area contributed by atoms with Crippen LogP contribution in [0.2, 0.25) is 0 Å². The highest BCUT2D eigenvalue weighted by atomic mass is 16.5. The first-order valence-corrected chi connectivity index (χ1v) is 10.3. The summed E-state index contributed by atoms with van der Waals surface area (Å²) in [5.74, 6) is 0.471. The van der Waals surface area contributed by atoms with Crippen LogP contribution in [0.5, 0.6) is 0 Å². The van der Waals surface area contributed by atoms with Crippen LogP contribution in [0.1, 0.15) is 46.9 Å². The fraction of sp³-hybridized carbons (Fsp3) is 0.500. The molecule has 5 rings (SSSR count). The zero-order valence-electron chi connectivity index (χ0n) is 16.9. The summed E-state index contributed by atoms with van der Waals surface area (Å²) in [5, 5.41) is 4.54. The molecule has 3 heterocycles. The van der Waals surface area contributed by atoms with Crippen LogP contribution in [0.3, 0.4) is 0 Å². The lowest BCUT2D eigenvalue weighted by molar-refractivity contribution is -0.180. The van der Waals surface area contributed by atoms with Gasteiger partial charge in [-0.2, -0.15) is 5.10 Å². The van der Waals surface area contributed by atoms with Gasteiger partial charge in [-0.3, -0.25) is 14.3 Å². The van der Waals surface area contributed by atoms with Gasteiger partial charge in [-0.05, 0) is 30.9 Å². The Labute approximate surface area is 170 Å². The maximum atomic E-state index is 13.3. The van der Waals surface area contributed by atoms with Crippen LogP contribution in [-0.4, -0.2) is 64.2 Å². The number of hydrogen-bond acceptors (Lipinski definition) is 4. The molecule has 29 heavy (non-hydrogen) atoms. The van der Waals surface area contributed by atoms with Crippen LogP contribution >= 0.6 is 0 Å². The minimum absolute atomic E-state index is 0.0169. The van der Waals surface area contributed by atoms with Crippen LogP contribution < -0.4 is 0 Å². The predicted octanol–water partition coefficient (Wildman–Crippen LogP) is 1.90. The topological polar surface area (TPSA) is 67.7 Å². The van der Waals surface area contributed by atoms with Crippen LogP contribution in [0.4, 0.5) is 0 Å². The molecule has 2 amide bonds. The van der Waals surface area contributed by atoms with Crippen molar-refractivity contribution in [3.05, 3.63) is 53.3 Å². The smallest absolute Gasteiger partial charge is 0.272 e. The fourth-order valence-corrected chi connectivity index (χ4v) is 4.84. The number of nitrogens with zero attached hydrogens (tertiary/aromatic N) is 4. The molecule has 1 aliphatic carbocycles. The number of hydrogen-bond donors (Lipinski definition) is 0. The summed E-state index contributed by atoms with van der Waals surface area (Å²) in [4.78, 5) is 29.4. The van der Waals surface area contributed by atoms with Crippen molar-refractivity contribution in [1.82, 2.24) is 19.6 Å². The van der Waals surface area contributed by atoms with Gasteiger partial charge < -0.3 is 14.5 Å². The summed E-state index contributed by atoms with van der Waals surface area (Å²) in [6.07, 6.45) is 2.69. The largest absolute Gasteiger partial charge is 0.364 e. The molecule has 2 aromatic rings. The minimum Gasteiger partial charge on any atom is -0.364 e. The van der Waals surface area contributed by atoms with Crippen molar-refractivity contribution < 1.29 is 14.3 Å². The van der Waals surface area contributed by atoms with Gasteiger partial charge in [-0.15, -0.1) is 0 Å². The molecule has 7 heteroatoms. The number of likely N-dealkylation sites (tertiary alicyclic amines) is 1. The van der Waals surface area contributed by atoms with Gasteiger partial charge in [0, 0.05) is 33.1 Å². The highest BCUT2D eigenvalue weighted by Crippen LogP contribution is 2.43. The van der Waals surface area contributed by atoms with Crippen LogP contribution in [0.15, 0.2) is 36.4 Å². The molecule has 1 saturated carbocycles. The molecule has 2 saturated heterocycles. The Morgan fingerprint density at radius 1 is 1.21 bits per heavy atom. The van der Waals surface area contributed by atoms with Crippen LogP contribution in [0.25, 0.3) is 0 Å². The van der Waals surface area contributed by atoms with Gasteiger partial charge in [0.05, 0.1) is 11.2 Å². The first kappa shape index (κ1) is 18.4. The Hall–Kier alpha value is -2.67. The third-order valence-corrected chi connectivity index (χ3v) is 6.74. The second-order valence-corrected chi connectivity index (χ2v) is 8.40. The van der Waals surface area contributed by atoms with E-state index in [0.717, 1.165) is 24.1 Å². The van der Waals surface area contributed by atoms with Gasteiger partial charge in [0.1, 0.15) is 18.4 Å². The lowest BCUT2D eigenvalue weighted by Gasteiger charge is -2.54. The van der Waals surface area contributed by atoms with Gasteiger partial charge in [-0.25, -0.2) is 0 Å². The van der Waals surface area contributed by atoms with Gasteiger partial charge in [-0.1, -0.05) is 30.3 Å². The normalized spacial score (nSPS) is 27.1. The van der Waals surface area contributed by atoms with Gasteiger partial charge >= 0.3 is 0 Å². The molecule has 3 aliphatic rings. The summed E-state index contributed by atoms with van der Waals surface area (Å²) in [5.41, 5.74) is 2.16. The first-order valence-electron chi connectivity index (χ1n) is 10.3. The molecule has 7 nitrogen and oxygen atoms in total. The number of rotatable bonds is 3. The monoisotopic (exact) mass is 394 g/mol. The van der Waals surface area contributed by atoms with E-state index in [1.807, 2.05) is 60.3 Å². The van der Waals surface area contributed by atoms with E-state index in [2.05, 4.69) is 5.10 Å². The Balaban J connectivity index is 1.44. The summed E-state index contributed by atoms with van der Waals surface area (Å²) >= 11 is 0. The summed E-state index contributed by atoms with van der Waals surface area (Å²) in [7, 11) is 3.69. The molecule has 152 valence electrons. The molecular formula is C22H26N4O3. The van der Waals surface area contributed by atoms with E-state index in [1.54, 1.807) is 4.68 Å². The third kappa shape index (κ3) is 2.87. The predicted molar refractivity (Wildman–Crippen MR) is 106 cm³/mol. The quantitative estimate of drug-likeness (QED) is 0.797. The maximum Gasteiger partial charge on any atom is 0.272 e.